The molecule has 1 rings (SSSR count). The molecule has 0 heterocycles. The Morgan fingerprint density at radius 1 is 0.740 bits per heavy atom. The first-order valence-electron chi connectivity index (χ1n) is 16.6. The van der Waals surface area contributed by atoms with Crippen molar-refractivity contribution < 1.29 is 43.8 Å². The second-order valence-electron chi connectivity index (χ2n) is 12.8. The van der Waals surface area contributed by atoms with E-state index in [4.69, 9.17) is 11.5 Å². The SMILES string of the molecule is CC(=O)N[C@H](C(=O)N[C@@H](CCCCN)C(=O)N[C@@H](CC(C)C)C(=O)N[C@@H](Cc1ccc(O)cc1)C(=O)NCC(=O)N[C@@H](CO)C(N)=O)C(C)C. The minimum atomic E-state index is -1.36. The van der Waals surface area contributed by atoms with Gasteiger partial charge in [0.05, 0.1) is 13.2 Å². The van der Waals surface area contributed by atoms with Gasteiger partial charge in [-0.15, -0.1) is 0 Å². The van der Waals surface area contributed by atoms with Gasteiger partial charge in [-0.05, 0) is 61.8 Å². The summed E-state index contributed by atoms with van der Waals surface area (Å²) >= 11 is 0. The van der Waals surface area contributed by atoms with Crippen molar-refractivity contribution in [1.82, 2.24) is 31.9 Å². The minimum absolute atomic E-state index is 0.0204. The summed E-state index contributed by atoms with van der Waals surface area (Å²) in [5, 5.41) is 34.2. The molecule has 280 valence electrons. The van der Waals surface area contributed by atoms with Crippen LogP contribution >= 0.6 is 0 Å². The van der Waals surface area contributed by atoms with Crippen LogP contribution in [0.3, 0.4) is 0 Å². The van der Waals surface area contributed by atoms with Crippen LogP contribution in [0.5, 0.6) is 5.75 Å². The number of amides is 7. The lowest BCUT2D eigenvalue weighted by Crippen LogP contribution is -2.59. The number of hydrogen-bond acceptors (Lipinski definition) is 10. The van der Waals surface area contributed by atoms with Gasteiger partial charge in [-0.2, -0.15) is 0 Å². The lowest BCUT2D eigenvalue weighted by atomic mass is 9.99. The number of aliphatic hydroxyl groups excluding tert-OH is 1. The van der Waals surface area contributed by atoms with E-state index in [1.165, 1.54) is 19.1 Å². The maximum atomic E-state index is 13.7. The molecule has 5 atom stereocenters. The zero-order chi connectivity index (χ0) is 38.0. The molecule has 0 aliphatic heterocycles. The number of hydrogen-bond donors (Lipinski definition) is 10. The van der Waals surface area contributed by atoms with Crippen molar-refractivity contribution >= 4 is 41.4 Å². The predicted octanol–water partition coefficient (Wildman–Crippen LogP) is -2.20. The van der Waals surface area contributed by atoms with Crippen molar-refractivity contribution in [3.8, 4) is 5.75 Å². The number of carbonyl (C=O) groups is 7. The number of benzene rings is 1. The molecule has 0 spiro atoms. The van der Waals surface area contributed by atoms with E-state index < -0.39 is 84.7 Å². The molecule has 0 saturated heterocycles. The van der Waals surface area contributed by atoms with Crippen molar-refractivity contribution in [1.29, 1.82) is 0 Å². The first kappa shape index (κ1) is 43.3. The second-order valence-corrected chi connectivity index (χ2v) is 12.8. The van der Waals surface area contributed by atoms with E-state index in [2.05, 4.69) is 31.9 Å². The van der Waals surface area contributed by atoms with Crippen LogP contribution in [0, 0.1) is 11.8 Å². The minimum Gasteiger partial charge on any atom is -0.508 e. The average Bonchev–Trinajstić information content (AvgIpc) is 3.04. The van der Waals surface area contributed by atoms with Crippen molar-refractivity contribution in [3.05, 3.63) is 29.8 Å². The topological polar surface area (TPSA) is 284 Å². The fourth-order valence-electron chi connectivity index (χ4n) is 4.84. The maximum Gasteiger partial charge on any atom is 0.243 e. The Morgan fingerprint density at radius 2 is 1.32 bits per heavy atom. The first-order valence-corrected chi connectivity index (χ1v) is 16.6. The third kappa shape index (κ3) is 16.1. The number of nitrogens with one attached hydrogen (secondary N) is 6. The molecule has 0 aromatic heterocycles. The van der Waals surface area contributed by atoms with Crippen LogP contribution in [-0.4, -0.2) is 101 Å². The average molecular weight is 707 g/mol. The molecule has 0 aliphatic carbocycles. The molecule has 0 fully saturated rings. The van der Waals surface area contributed by atoms with Crippen LogP contribution in [0.15, 0.2) is 24.3 Å². The summed E-state index contributed by atoms with van der Waals surface area (Å²) in [5.41, 5.74) is 11.3. The van der Waals surface area contributed by atoms with Crippen LogP contribution in [0.4, 0.5) is 0 Å². The Labute approximate surface area is 292 Å². The largest absolute Gasteiger partial charge is 0.508 e. The standard InChI is InChI=1S/C33H54N8O9/c1-18(2)14-24(40-31(48)23(8-6-7-13-34)39-33(50)28(19(3)4)37-20(5)43)32(49)41-25(15-21-9-11-22(44)12-10-21)30(47)36-16-27(45)38-26(17-42)29(35)46/h9-12,18-19,23-26,28,42,44H,6-8,13-17,34H2,1-5H3,(H2,35,46)(H,36,47)(H,37,43)(H,38,45)(H,39,50)(H,40,48)(H,41,49)/t23-,24-,25-,26-,28-/m0/s1. The Kier molecular flexibility index (Phi) is 19.1. The van der Waals surface area contributed by atoms with Gasteiger partial charge >= 0.3 is 0 Å². The Morgan fingerprint density at radius 3 is 1.84 bits per heavy atom. The van der Waals surface area contributed by atoms with Gasteiger partial charge in [0.25, 0.3) is 0 Å². The number of rotatable bonds is 22. The van der Waals surface area contributed by atoms with Gasteiger partial charge in [0.2, 0.25) is 41.4 Å². The van der Waals surface area contributed by atoms with E-state index in [1.54, 1.807) is 26.0 Å². The number of primary amides is 1. The number of nitrogens with two attached hydrogens (primary N) is 2. The molecule has 12 N–H and O–H groups in total. The van der Waals surface area contributed by atoms with E-state index in [0.717, 1.165) is 0 Å². The highest BCUT2D eigenvalue weighted by molar-refractivity contribution is 5.96. The van der Waals surface area contributed by atoms with E-state index in [-0.39, 0.29) is 36.8 Å². The molecule has 17 heteroatoms. The molecule has 0 aliphatic rings. The van der Waals surface area contributed by atoms with Crippen molar-refractivity contribution in [3.63, 3.8) is 0 Å². The van der Waals surface area contributed by atoms with E-state index in [1.807, 2.05) is 13.8 Å². The summed E-state index contributed by atoms with van der Waals surface area (Å²) in [6, 6.07) is 0.138. The predicted molar refractivity (Wildman–Crippen MR) is 184 cm³/mol. The van der Waals surface area contributed by atoms with Crippen LogP contribution in [0.1, 0.15) is 65.9 Å². The summed E-state index contributed by atoms with van der Waals surface area (Å²) in [5.74, 6) is -5.32. The van der Waals surface area contributed by atoms with E-state index in [0.29, 0.717) is 24.9 Å². The van der Waals surface area contributed by atoms with Gasteiger partial charge in [-0.25, -0.2) is 0 Å². The van der Waals surface area contributed by atoms with Crippen LogP contribution < -0.4 is 43.4 Å². The van der Waals surface area contributed by atoms with Gasteiger partial charge in [-0.1, -0.05) is 39.8 Å². The Balaban J connectivity index is 3.26. The number of aliphatic hydroxyl groups is 1. The fraction of sp³-hybridized carbons (Fsp3) is 0.606. The summed E-state index contributed by atoms with van der Waals surface area (Å²) < 4.78 is 0. The molecule has 0 unspecified atom stereocenters. The molecule has 1 aromatic carbocycles. The molecular formula is C33H54N8O9. The summed E-state index contributed by atoms with van der Waals surface area (Å²) in [6.07, 6.45) is 1.36. The lowest BCUT2D eigenvalue weighted by Gasteiger charge is -2.28. The number of carbonyl (C=O) groups excluding carboxylic acids is 7. The highest BCUT2D eigenvalue weighted by Gasteiger charge is 2.32. The van der Waals surface area contributed by atoms with Crippen molar-refractivity contribution in [2.24, 2.45) is 23.3 Å². The summed E-state index contributed by atoms with van der Waals surface area (Å²) in [7, 11) is 0. The fourth-order valence-corrected chi connectivity index (χ4v) is 4.84. The lowest BCUT2D eigenvalue weighted by molar-refractivity contribution is -0.135. The molecule has 50 heavy (non-hydrogen) atoms. The quantitative estimate of drug-likeness (QED) is 0.0581. The molecule has 17 nitrogen and oxygen atoms in total. The van der Waals surface area contributed by atoms with Crippen LogP contribution in [0.25, 0.3) is 0 Å². The van der Waals surface area contributed by atoms with Crippen molar-refractivity contribution in [2.45, 2.75) is 96.9 Å². The third-order valence-electron chi connectivity index (χ3n) is 7.52. The summed E-state index contributed by atoms with van der Waals surface area (Å²) in [4.78, 5) is 89.3. The number of unbranched alkanes of at least 4 members (excludes halogenated alkanes) is 1. The van der Waals surface area contributed by atoms with Crippen molar-refractivity contribution in [2.75, 3.05) is 19.7 Å². The van der Waals surface area contributed by atoms with Gasteiger partial charge in [0.1, 0.15) is 36.0 Å². The Hall–Kier alpha value is -4.77. The number of aromatic hydroxyl groups is 1. The second kappa shape index (κ2) is 22.0. The number of phenolic OH excluding ortho intramolecular Hbond substituents is 1. The molecule has 0 radical (unpaired) electrons. The normalized spacial score (nSPS) is 14.0. The van der Waals surface area contributed by atoms with Gasteiger partial charge in [-0.3, -0.25) is 33.6 Å². The van der Waals surface area contributed by atoms with Gasteiger partial charge in [0.15, 0.2) is 0 Å². The molecule has 1 aromatic rings. The monoisotopic (exact) mass is 706 g/mol. The zero-order valence-corrected chi connectivity index (χ0v) is 29.4. The molecular weight excluding hydrogens is 652 g/mol. The first-order chi connectivity index (χ1) is 23.5. The Bertz CT molecular complexity index is 1310. The highest BCUT2D eigenvalue weighted by Crippen LogP contribution is 2.13. The maximum absolute atomic E-state index is 13.7. The molecule has 7 amide bonds. The van der Waals surface area contributed by atoms with E-state index >= 15 is 0 Å². The molecule has 0 bridgehead atoms. The van der Waals surface area contributed by atoms with Gasteiger partial charge in [0, 0.05) is 13.3 Å². The van der Waals surface area contributed by atoms with Gasteiger partial charge < -0.3 is 53.6 Å². The van der Waals surface area contributed by atoms with Crippen LogP contribution in [0.2, 0.25) is 0 Å². The third-order valence-corrected chi connectivity index (χ3v) is 7.52. The highest BCUT2D eigenvalue weighted by atomic mass is 16.3. The smallest absolute Gasteiger partial charge is 0.243 e. The summed E-state index contributed by atoms with van der Waals surface area (Å²) in [6.45, 7) is 7.44. The molecule has 0 saturated carbocycles. The number of phenols is 1. The zero-order valence-electron chi connectivity index (χ0n) is 29.4. The van der Waals surface area contributed by atoms with E-state index in [9.17, 15) is 43.8 Å². The van der Waals surface area contributed by atoms with Crippen LogP contribution in [-0.2, 0) is 40.0 Å².